The van der Waals surface area contributed by atoms with Crippen LogP contribution in [0.2, 0.25) is 5.02 Å². The van der Waals surface area contributed by atoms with Gasteiger partial charge >= 0.3 is 0 Å². The van der Waals surface area contributed by atoms with Gasteiger partial charge in [0, 0.05) is 13.5 Å². The molecule has 20 heavy (non-hydrogen) atoms. The van der Waals surface area contributed by atoms with Crippen molar-refractivity contribution in [1.82, 2.24) is 9.78 Å². The summed E-state index contributed by atoms with van der Waals surface area (Å²) in [6.45, 7) is 4.14. The molecule has 1 aromatic heterocycles. The van der Waals surface area contributed by atoms with E-state index in [9.17, 15) is 5.11 Å². The molecule has 0 aliphatic carbocycles. The van der Waals surface area contributed by atoms with Crippen LogP contribution in [-0.2, 0) is 13.5 Å². The quantitative estimate of drug-likeness (QED) is 0.649. The number of aliphatic hydroxyl groups is 1. The summed E-state index contributed by atoms with van der Waals surface area (Å²) in [5.74, 6) is 0. The topological polar surface area (TPSA) is 38.1 Å². The summed E-state index contributed by atoms with van der Waals surface area (Å²) in [5.41, 5.74) is 1.78. The molecule has 0 radical (unpaired) electrons. The Kier molecular flexibility index (Phi) is 8.24. The van der Waals surface area contributed by atoms with Crippen molar-refractivity contribution < 1.29 is 5.11 Å². The summed E-state index contributed by atoms with van der Waals surface area (Å²) in [6.07, 6.45) is 10.1. The summed E-state index contributed by atoms with van der Waals surface area (Å²) < 4.78 is 1.78. The predicted molar refractivity (Wildman–Crippen MR) is 85.3 cm³/mol. The highest BCUT2D eigenvalue weighted by Crippen LogP contribution is 2.22. The minimum Gasteiger partial charge on any atom is -0.393 e. The van der Waals surface area contributed by atoms with Crippen molar-refractivity contribution in [1.29, 1.82) is 0 Å². The third-order valence-electron chi connectivity index (χ3n) is 3.83. The zero-order chi connectivity index (χ0) is 15.0. The molecule has 1 atom stereocenters. The highest BCUT2D eigenvalue weighted by atomic mass is 35.5. The molecule has 1 unspecified atom stereocenters. The van der Waals surface area contributed by atoms with Crippen LogP contribution in [0.1, 0.15) is 69.7 Å². The SMILES string of the molecule is CCCCCCCCCC(O)Cc1c(Cl)c(C)nn1C. The molecule has 4 heteroatoms. The third-order valence-corrected chi connectivity index (χ3v) is 4.32. The number of unbranched alkanes of at least 4 members (excludes halogenated alkanes) is 6. The van der Waals surface area contributed by atoms with Crippen LogP contribution in [-0.4, -0.2) is 21.0 Å². The average Bonchev–Trinajstić information content (AvgIpc) is 2.64. The smallest absolute Gasteiger partial charge is 0.0847 e. The van der Waals surface area contributed by atoms with Gasteiger partial charge in [-0.05, 0) is 13.3 Å². The molecule has 0 aliphatic heterocycles. The van der Waals surface area contributed by atoms with E-state index in [0.717, 1.165) is 24.2 Å². The summed E-state index contributed by atoms with van der Waals surface area (Å²) in [5, 5.41) is 15.1. The lowest BCUT2D eigenvalue weighted by atomic mass is 10.0. The summed E-state index contributed by atoms with van der Waals surface area (Å²) in [6, 6.07) is 0. The summed E-state index contributed by atoms with van der Waals surface area (Å²) >= 11 is 6.20. The fraction of sp³-hybridized carbons (Fsp3) is 0.812. The van der Waals surface area contributed by atoms with Gasteiger partial charge in [-0.25, -0.2) is 0 Å². The average molecular weight is 301 g/mol. The van der Waals surface area contributed by atoms with E-state index in [1.807, 2.05) is 14.0 Å². The van der Waals surface area contributed by atoms with Crippen molar-refractivity contribution in [3.8, 4) is 0 Å². The van der Waals surface area contributed by atoms with Gasteiger partial charge in [0.25, 0.3) is 0 Å². The Morgan fingerprint density at radius 3 is 2.30 bits per heavy atom. The van der Waals surface area contributed by atoms with E-state index in [2.05, 4.69) is 12.0 Å². The first-order chi connectivity index (χ1) is 9.56. The molecule has 116 valence electrons. The van der Waals surface area contributed by atoms with Crippen LogP contribution in [0.25, 0.3) is 0 Å². The summed E-state index contributed by atoms with van der Waals surface area (Å²) in [7, 11) is 1.88. The van der Waals surface area contributed by atoms with Crippen LogP contribution in [0.15, 0.2) is 0 Å². The van der Waals surface area contributed by atoms with Crippen LogP contribution in [0.4, 0.5) is 0 Å². The second kappa shape index (κ2) is 9.41. The molecule has 1 N–H and O–H groups in total. The Morgan fingerprint density at radius 1 is 1.15 bits per heavy atom. The van der Waals surface area contributed by atoms with E-state index in [1.54, 1.807) is 4.68 Å². The van der Waals surface area contributed by atoms with Gasteiger partial charge in [-0.1, -0.05) is 63.5 Å². The van der Waals surface area contributed by atoms with E-state index in [-0.39, 0.29) is 6.10 Å². The molecule has 0 amide bonds. The molecular weight excluding hydrogens is 272 g/mol. The molecular formula is C16H29ClN2O. The van der Waals surface area contributed by atoms with E-state index in [4.69, 9.17) is 11.6 Å². The maximum absolute atomic E-state index is 10.1. The first-order valence-corrected chi connectivity index (χ1v) is 8.30. The van der Waals surface area contributed by atoms with Gasteiger partial charge in [-0.15, -0.1) is 0 Å². The number of rotatable bonds is 10. The second-order valence-corrected chi connectivity index (χ2v) is 6.12. The largest absolute Gasteiger partial charge is 0.393 e. The Morgan fingerprint density at radius 2 is 1.75 bits per heavy atom. The van der Waals surface area contributed by atoms with E-state index in [0.29, 0.717) is 11.4 Å². The minimum atomic E-state index is -0.307. The Bertz CT molecular complexity index is 390. The molecule has 0 saturated heterocycles. The number of aromatic nitrogens is 2. The van der Waals surface area contributed by atoms with E-state index >= 15 is 0 Å². The molecule has 0 bridgehead atoms. The van der Waals surface area contributed by atoms with E-state index < -0.39 is 0 Å². The minimum absolute atomic E-state index is 0.307. The van der Waals surface area contributed by atoms with Gasteiger partial charge in [0.05, 0.1) is 22.5 Å². The van der Waals surface area contributed by atoms with Gasteiger partial charge in [-0.2, -0.15) is 5.10 Å². The maximum Gasteiger partial charge on any atom is 0.0847 e. The normalized spacial score (nSPS) is 12.8. The molecule has 0 spiro atoms. The Hall–Kier alpha value is -0.540. The van der Waals surface area contributed by atoms with Crippen molar-refractivity contribution in [3.63, 3.8) is 0 Å². The van der Waals surface area contributed by atoms with Crippen molar-refractivity contribution in [2.75, 3.05) is 0 Å². The number of nitrogens with zero attached hydrogens (tertiary/aromatic N) is 2. The van der Waals surface area contributed by atoms with Gasteiger partial charge in [0.1, 0.15) is 0 Å². The van der Waals surface area contributed by atoms with Crippen molar-refractivity contribution in [2.24, 2.45) is 7.05 Å². The molecule has 0 aromatic carbocycles. The fourth-order valence-electron chi connectivity index (χ4n) is 2.56. The summed E-state index contributed by atoms with van der Waals surface area (Å²) in [4.78, 5) is 0. The fourth-order valence-corrected chi connectivity index (χ4v) is 2.80. The number of hydrogen-bond acceptors (Lipinski definition) is 2. The van der Waals surface area contributed by atoms with Gasteiger partial charge in [-0.3, -0.25) is 4.68 Å². The second-order valence-electron chi connectivity index (χ2n) is 5.74. The molecule has 1 rings (SSSR count). The number of halogens is 1. The molecule has 0 aliphatic rings. The number of aryl methyl sites for hydroxylation is 2. The standard InChI is InChI=1S/C16H29ClN2O/c1-4-5-6-7-8-9-10-11-14(20)12-15-16(17)13(2)18-19(15)3/h14,20H,4-12H2,1-3H3. The number of aliphatic hydroxyl groups excluding tert-OH is 1. The number of hydrogen-bond donors (Lipinski definition) is 1. The highest BCUT2D eigenvalue weighted by Gasteiger charge is 2.15. The van der Waals surface area contributed by atoms with E-state index in [1.165, 1.54) is 38.5 Å². The van der Waals surface area contributed by atoms with Crippen LogP contribution in [0.5, 0.6) is 0 Å². The van der Waals surface area contributed by atoms with Crippen molar-refractivity contribution in [2.45, 2.75) is 77.7 Å². The monoisotopic (exact) mass is 300 g/mol. The highest BCUT2D eigenvalue weighted by molar-refractivity contribution is 6.31. The zero-order valence-electron chi connectivity index (χ0n) is 13.2. The predicted octanol–water partition coefficient (Wildman–Crippen LogP) is 4.43. The lowest BCUT2D eigenvalue weighted by molar-refractivity contribution is 0.158. The first kappa shape index (κ1) is 17.5. The van der Waals surface area contributed by atoms with Crippen LogP contribution < -0.4 is 0 Å². The Balaban J connectivity index is 2.19. The molecule has 3 nitrogen and oxygen atoms in total. The van der Waals surface area contributed by atoms with Gasteiger partial charge < -0.3 is 5.11 Å². The molecule has 1 aromatic rings. The maximum atomic E-state index is 10.1. The molecule has 1 heterocycles. The first-order valence-electron chi connectivity index (χ1n) is 7.92. The zero-order valence-corrected chi connectivity index (χ0v) is 13.9. The van der Waals surface area contributed by atoms with Crippen LogP contribution >= 0.6 is 11.6 Å². The van der Waals surface area contributed by atoms with Gasteiger partial charge in [0.2, 0.25) is 0 Å². The lowest BCUT2D eigenvalue weighted by Crippen LogP contribution is -2.13. The van der Waals surface area contributed by atoms with Crippen LogP contribution in [0.3, 0.4) is 0 Å². The lowest BCUT2D eigenvalue weighted by Gasteiger charge is -2.11. The Labute approximate surface area is 128 Å². The van der Waals surface area contributed by atoms with Crippen molar-refractivity contribution in [3.05, 3.63) is 16.4 Å². The van der Waals surface area contributed by atoms with Gasteiger partial charge in [0.15, 0.2) is 0 Å². The van der Waals surface area contributed by atoms with Crippen LogP contribution in [0, 0.1) is 6.92 Å². The molecule has 0 fully saturated rings. The van der Waals surface area contributed by atoms with Crippen molar-refractivity contribution >= 4 is 11.6 Å². The molecule has 0 saturated carbocycles. The third kappa shape index (κ3) is 5.84.